The number of anilines is 1. The van der Waals surface area contributed by atoms with E-state index in [4.69, 9.17) is 9.15 Å². The molecule has 2 aliphatic rings. The van der Waals surface area contributed by atoms with Crippen molar-refractivity contribution in [3.63, 3.8) is 0 Å². The molecule has 3 atom stereocenters. The summed E-state index contributed by atoms with van der Waals surface area (Å²) in [7, 11) is 0. The number of fused-ring (bicyclic) bond motifs is 1. The third kappa shape index (κ3) is 3.34. The largest absolute Gasteiger partial charge is 0.472 e. The first-order chi connectivity index (χ1) is 11.8. The third-order valence-corrected chi connectivity index (χ3v) is 4.84. The number of rotatable bonds is 4. The van der Waals surface area contributed by atoms with Crippen molar-refractivity contribution in [2.24, 2.45) is 5.92 Å². The van der Waals surface area contributed by atoms with Crippen LogP contribution in [0.3, 0.4) is 0 Å². The highest BCUT2D eigenvalue weighted by atomic mass is 16.5. The van der Waals surface area contributed by atoms with Gasteiger partial charge in [0, 0.05) is 24.8 Å². The van der Waals surface area contributed by atoms with Gasteiger partial charge >= 0.3 is 0 Å². The van der Waals surface area contributed by atoms with Crippen molar-refractivity contribution >= 4 is 11.6 Å². The highest BCUT2D eigenvalue weighted by Crippen LogP contribution is 2.34. The number of likely N-dealkylation sites (tertiary alicyclic amines) is 1. The van der Waals surface area contributed by atoms with E-state index in [1.54, 1.807) is 31.0 Å². The Morgan fingerprint density at radius 3 is 3.17 bits per heavy atom. The van der Waals surface area contributed by atoms with Crippen molar-refractivity contribution < 1.29 is 13.9 Å². The molecule has 126 valence electrons. The molecule has 4 rings (SSSR count). The summed E-state index contributed by atoms with van der Waals surface area (Å²) >= 11 is 0. The Morgan fingerprint density at radius 1 is 1.42 bits per heavy atom. The van der Waals surface area contributed by atoms with Gasteiger partial charge in [-0.15, -0.1) is 0 Å². The molecule has 0 bridgehead atoms. The molecular formula is C18H21N3O3. The first kappa shape index (κ1) is 15.4. The minimum atomic E-state index is -0.367. The molecule has 2 saturated heterocycles. The van der Waals surface area contributed by atoms with Gasteiger partial charge in [0.1, 0.15) is 6.10 Å². The summed E-state index contributed by atoms with van der Waals surface area (Å²) in [6, 6.07) is 5.63. The minimum Gasteiger partial charge on any atom is -0.472 e. The van der Waals surface area contributed by atoms with E-state index in [0.29, 0.717) is 11.6 Å². The maximum absolute atomic E-state index is 12.4. The van der Waals surface area contributed by atoms with E-state index in [0.717, 1.165) is 32.5 Å². The fraction of sp³-hybridized carbons (Fsp3) is 0.444. The maximum Gasteiger partial charge on any atom is 0.253 e. The number of nitrogens with one attached hydrogen (secondary N) is 1. The Kier molecular flexibility index (Phi) is 4.32. The second-order valence-electron chi connectivity index (χ2n) is 6.55. The van der Waals surface area contributed by atoms with Gasteiger partial charge in [-0.25, -0.2) is 0 Å². The number of furan rings is 1. The van der Waals surface area contributed by atoms with E-state index >= 15 is 0 Å². The van der Waals surface area contributed by atoms with Gasteiger partial charge in [0.15, 0.2) is 0 Å². The van der Waals surface area contributed by atoms with E-state index in [-0.39, 0.29) is 18.1 Å². The van der Waals surface area contributed by atoms with Gasteiger partial charge in [0.05, 0.1) is 30.5 Å². The van der Waals surface area contributed by atoms with Crippen LogP contribution >= 0.6 is 0 Å². The molecule has 1 amide bonds. The summed E-state index contributed by atoms with van der Waals surface area (Å²) in [4.78, 5) is 18.8. The third-order valence-electron chi connectivity index (χ3n) is 4.84. The number of pyridine rings is 1. The molecular weight excluding hydrogens is 306 g/mol. The molecule has 2 aliphatic heterocycles. The SMILES string of the molecule is O=C(Nc1cccnc1)[C@@H]1C[C@@H]2CCN(Cc3ccoc3)C[C@H]2O1. The van der Waals surface area contributed by atoms with Crippen LogP contribution in [0, 0.1) is 5.92 Å². The van der Waals surface area contributed by atoms with Gasteiger partial charge in [0.2, 0.25) is 0 Å². The fourth-order valence-electron chi connectivity index (χ4n) is 3.61. The van der Waals surface area contributed by atoms with Gasteiger partial charge in [-0.3, -0.25) is 14.7 Å². The predicted molar refractivity (Wildman–Crippen MR) is 88.2 cm³/mol. The van der Waals surface area contributed by atoms with Crippen LogP contribution in [-0.4, -0.2) is 41.1 Å². The zero-order valence-electron chi connectivity index (χ0n) is 13.4. The van der Waals surface area contributed by atoms with Gasteiger partial charge in [-0.05, 0) is 43.5 Å². The lowest BCUT2D eigenvalue weighted by molar-refractivity contribution is -0.127. The highest BCUT2D eigenvalue weighted by Gasteiger charge is 2.41. The van der Waals surface area contributed by atoms with Gasteiger partial charge < -0.3 is 14.5 Å². The highest BCUT2D eigenvalue weighted by molar-refractivity contribution is 5.94. The standard InChI is InChI=1S/C18H21N3O3/c22-18(20-15-2-1-5-19-9-15)16-8-14-3-6-21(11-17(14)24-16)10-13-4-7-23-12-13/h1-2,4-5,7,9,12,14,16-17H,3,6,8,10-11H2,(H,20,22)/t14-,16-,17+/m0/s1. The fourth-order valence-corrected chi connectivity index (χ4v) is 3.61. The van der Waals surface area contributed by atoms with Crippen molar-refractivity contribution in [1.29, 1.82) is 0 Å². The second-order valence-corrected chi connectivity index (χ2v) is 6.55. The first-order valence-electron chi connectivity index (χ1n) is 8.38. The molecule has 24 heavy (non-hydrogen) atoms. The molecule has 0 aromatic carbocycles. The van der Waals surface area contributed by atoms with Crippen LogP contribution in [0.1, 0.15) is 18.4 Å². The topological polar surface area (TPSA) is 67.6 Å². The second kappa shape index (κ2) is 6.75. The monoisotopic (exact) mass is 327 g/mol. The van der Waals surface area contributed by atoms with Crippen LogP contribution in [0.2, 0.25) is 0 Å². The van der Waals surface area contributed by atoms with Crippen molar-refractivity contribution in [3.05, 3.63) is 48.7 Å². The Balaban J connectivity index is 1.33. The number of hydrogen-bond donors (Lipinski definition) is 1. The Labute approximate surface area is 140 Å². The zero-order valence-corrected chi connectivity index (χ0v) is 13.4. The summed E-state index contributed by atoms with van der Waals surface area (Å²) in [5.41, 5.74) is 1.89. The maximum atomic E-state index is 12.4. The van der Waals surface area contributed by atoms with Crippen LogP contribution < -0.4 is 5.32 Å². The number of amides is 1. The van der Waals surface area contributed by atoms with E-state index in [1.165, 1.54) is 5.56 Å². The molecule has 6 heteroatoms. The van der Waals surface area contributed by atoms with Crippen LogP contribution in [0.4, 0.5) is 5.69 Å². The van der Waals surface area contributed by atoms with Crippen molar-refractivity contribution in [2.75, 3.05) is 18.4 Å². The molecule has 2 aromatic heterocycles. The van der Waals surface area contributed by atoms with Crippen LogP contribution in [0.15, 0.2) is 47.5 Å². The van der Waals surface area contributed by atoms with Crippen molar-refractivity contribution in [1.82, 2.24) is 9.88 Å². The summed E-state index contributed by atoms with van der Waals surface area (Å²) in [5, 5.41) is 2.89. The summed E-state index contributed by atoms with van der Waals surface area (Å²) < 4.78 is 11.2. The number of nitrogens with zero attached hydrogens (tertiary/aromatic N) is 2. The molecule has 0 saturated carbocycles. The Morgan fingerprint density at radius 2 is 2.38 bits per heavy atom. The van der Waals surface area contributed by atoms with E-state index < -0.39 is 0 Å². The number of piperidine rings is 1. The average Bonchev–Trinajstić information content (AvgIpc) is 3.25. The smallest absolute Gasteiger partial charge is 0.253 e. The predicted octanol–water partition coefficient (Wildman–Crippen LogP) is 2.29. The molecule has 0 aliphatic carbocycles. The minimum absolute atomic E-state index is 0.0706. The summed E-state index contributed by atoms with van der Waals surface area (Å²) in [6.45, 7) is 2.77. The van der Waals surface area contributed by atoms with Crippen molar-refractivity contribution in [3.8, 4) is 0 Å². The number of ether oxygens (including phenoxy) is 1. The molecule has 1 N–H and O–H groups in total. The summed E-state index contributed by atoms with van der Waals surface area (Å²) in [5.74, 6) is 0.397. The summed E-state index contributed by atoms with van der Waals surface area (Å²) in [6.07, 6.45) is 8.45. The van der Waals surface area contributed by atoms with Gasteiger partial charge in [0.25, 0.3) is 5.91 Å². The lowest BCUT2D eigenvalue weighted by Crippen LogP contribution is -2.41. The molecule has 0 radical (unpaired) electrons. The number of carbonyl (C=O) groups is 1. The molecule has 6 nitrogen and oxygen atoms in total. The van der Waals surface area contributed by atoms with Crippen LogP contribution in [-0.2, 0) is 16.1 Å². The average molecular weight is 327 g/mol. The van der Waals surface area contributed by atoms with Crippen LogP contribution in [0.25, 0.3) is 0 Å². The number of hydrogen-bond acceptors (Lipinski definition) is 5. The Hall–Kier alpha value is -2.18. The van der Waals surface area contributed by atoms with Gasteiger partial charge in [-0.2, -0.15) is 0 Å². The van der Waals surface area contributed by atoms with E-state index in [9.17, 15) is 4.79 Å². The quantitative estimate of drug-likeness (QED) is 0.933. The van der Waals surface area contributed by atoms with Crippen LogP contribution in [0.5, 0.6) is 0 Å². The molecule has 2 aromatic rings. The number of aromatic nitrogens is 1. The van der Waals surface area contributed by atoms with E-state index in [1.807, 2.05) is 12.1 Å². The molecule has 0 unspecified atom stereocenters. The lowest BCUT2D eigenvalue weighted by atomic mass is 9.91. The first-order valence-corrected chi connectivity index (χ1v) is 8.38. The zero-order chi connectivity index (χ0) is 16.4. The molecule has 0 spiro atoms. The van der Waals surface area contributed by atoms with Gasteiger partial charge in [-0.1, -0.05) is 0 Å². The normalized spacial score (nSPS) is 26.9. The molecule has 2 fully saturated rings. The van der Waals surface area contributed by atoms with Crippen molar-refractivity contribution in [2.45, 2.75) is 31.6 Å². The molecule has 4 heterocycles. The lowest BCUT2D eigenvalue weighted by Gasteiger charge is -2.33. The van der Waals surface area contributed by atoms with E-state index in [2.05, 4.69) is 15.2 Å². The Bertz CT molecular complexity index is 674. The number of carbonyl (C=O) groups excluding carboxylic acids is 1.